The number of carbonyl (C=O) groups excluding carboxylic acids is 1. The predicted octanol–water partition coefficient (Wildman–Crippen LogP) is 8.59. The number of carbonyl (C=O) groups is 1. The fraction of sp³-hybridized carbons (Fsp3) is 0.545. The first kappa shape index (κ1) is 38.6. The molecule has 0 spiro atoms. The molecule has 11 heteroatoms. The average Bonchev–Trinajstić information content (AvgIpc) is 2.96. The van der Waals surface area contributed by atoms with Crippen LogP contribution in [0.5, 0.6) is 11.9 Å². The lowest BCUT2D eigenvalue weighted by Crippen LogP contribution is -2.27. The summed E-state index contributed by atoms with van der Waals surface area (Å²) in [6.07, 6.45) is 1.18. The molecule has 0 saturated heterocycles. The molecule has 0 aliphatic heterocycles. The van der Waals surface area contributed by atoms with E-state index in [-0.39, 0.29) is 17.6 Å². The highest BCUT2D eigenvalue weighted by Crippen LogP contribution is 2.38. The number of pyridine rings is 1. The van der Waals surface area contributed by atoms with Gasteiger partial charge in [-0.2, -0.15) is 10.1 Å². The molecule has 242 valence electrons. The van der Waals surface area contributed by atoms with E-state index in [0.29, 0.717) is 46.1 Å². The van der Waals surface area contributed by atoms with Gasteiger partial charge in [0, 0.05) is 23.9 Å². The number of alkyl halides is 2. The van der Waals surface area contributed by atoms with Crippen LogP contribution in [0.1, 0.15) is 116 Å². The minimum absolute atomic E-state index is 0.0998. The van der Waals surface area contributed by atoms with Gasteiger partial charge in [-0.05, 0) is 83.9 Å². The number of halogens is 2. The Balaban J connectivity index is 0.00000232. The Morgan fingerprint density at radius 2 is 1.59 bits per heavy atom. The van der Waals surface area contributed by atoms with Crippen LogP contribution in [0.4, 0.5) is 8.78 Å². The third-order valence-corrected chi connectivity index (χ3v) is 6.54. The smallest absolute Gasteiger partial charge is 0.320 e. The van der Waals surface area contributed by atoms with Gasteiger partial charge in [-0.15, -0.1) is 14.0 Å². The summed E-state index contributed by atoms with van der Waals surface area (Å²) in [6.45, 7) is 23.0. The molecule has 0 aromatic carbocycles. The Morgan fingerprint density at radius 1 is 0.977 bits per heavy atom. The highest BCUT2D eigenvalue weighted by Gasteiger charge is 2.34. The zero-order chi connectivity index (χ0) is 33.8. The topological polar surface area (TPSA) is 100.0 Å². The standard InChI is InChI=1S/C29H36F2N5O3P.2C2H6/c1-9-19(23(25(30)31)17-10-11-32-18(12-17)15-37)24(40)20-13-22(36-35-16(20)2)21-14-33-27(39-29(6,7)8)34-26(21)38-28(3,4)5;2*1-2/h10-15,19,23,25,40H,9H2,1-8H3;2*1-2H3. The number of aryl methyl sites for hydroxylation is 1. The number of hydrogen-bond donors (Lipinski definition) is 0. The van der Waals surface area contributed by atoms with Crippen molar-refractivity contribution in [2.24, 2.45) is 5.92 Å². The van der Waals surface area contributed by atoms with Gasteiger partial charge >= 0.3 is 6.01 Å². The summed E-state index contributed by atoms with van der Waals surface area (Å²) in [4.78, 5) is 24.0. The van der Waals surface area contributed by atoms with Gasteiger partial charge in [0.15, 0.2) is 6.29 Å². The Morgan fingerprint density at radius 3 is 2.11 bits per heavy atom. The first-order valence-electron chi connectivity index (χ1n) is 15.0. The van der Waals surface area contributed by atoms with E-state index in [1.165, 1.54) is 18.3 Å². The van der Waals surface area contributed by atoms with Crippen molar-refractivity contribution in [2.45, 2.75) is 113 Å². The highest BCUT2D eigenvalue weighted by atomic mass is 31.0. The van der Waals surface area contributed by atoms with E-state index in [4.69, 9.17) is 9.47 Å². The molecule has 0 saturated carbocycles. The van der Waals surface area contributed by atoms with Crippen molar-refractivity contribution >= 4 is 20.4 Å². The van der Waals surface area contributed by atoms with Crippen LogP contribution in [0.2, 0.25) is 0 Å². The first-order chi connectivity index (χ1) is 20.6. The van der Waals surface area contributed by atoms with E-state index in [1.807, 2.05) is 76.2 Å². The second-order valence-electron chi connectivity index (χ2n) is 11.4. The summed E-state index contributed by atoms with van der Waals surface area (Å²) in [6, 6.07) is 4.84. The van der Waals surface area contributed by atoms with Crippen molar-refractivity contribution in [3.63, 3.8) is 0 Å². The fourth-order valence-electron chi connectivity index (χ4n) is 4.20. The fourth-order valence-corrected chi connectivity index (χ4v) is 4.84. The molecule has 0 bridgehead atoms. The number of ether oxygens (including phenoxy) is 2. The van der Waals surface area contributed by atoms with E-state index in [1.54, 1.807) is 19.2 Å². The van der Waals surface area contributed by atoms with Crippen molar-refractivity contribution in [3.05, 3.63) is 53.1 Å². The van der Waals surface area contributed by atoms with E-state index in [0.717, 1.165) is 0 Å². The normalized spacial score (nSPS) is 12.6. The van der Waals surface area contributed by atoms with Crippen molar-refractivity contribution in [1.29, 1.82) is 0 Å². The molecule has 0 amide bonds. The molecule has 3 aromatic rings. The number of aldehydes is 1. The summed E-state index contributed by atoms with van der Waals surface area (Å²) < 4.78 is 41.0. The largest absolute Gasteiger partial charge is 0.471 e. The van der Waals surface area contributed by atoms with Crippen molar-refractivity contribution < 1.29 is 23.0 Å². The lowest BCUT2D eigenvalue weighted by atomic mass is 9.80. The quantitative estimate of drug-likeness (QED) is 0.162. The second kappa shape index (κ2) is 17.2. The molecule has 0 radical (unpaired) electrons. The van der Waals surface area contributed by atoms with Gasteiger partial charge in [0.2, 0.25) is 12.3 Å². The first-order valence-corrected chi connectivity index (χ1v) is 15.5. The molecule has 3 rings (SSSR count). The number of aromatic nitrogens is 5. The van der Waals surface area contributed by atoms with Crippen LogP contribution in [0, 0.1) is 12.8 Å². The van der Waals surface area contributed by atoms with Crippen LogP contribution < -0.4 is 9.47 Å². The van der Waals surface area contributed by atoms with Crippen LogP contribution >= 0.6 is 8.86 Å². The third-order valence-electron chi connectivity index (χ3n) is 5.90. The predicted molar refractivity (Wildman–Crippen MR) is 176 cm³/mol. The maximum atomic E-state index is 14.5. The van der Waals surface area contributed by atoms with E-state index in [2.05, 4.69) is 34.0 Å². The Hall–Kier alpha value is -3.39. The van der Waals surface area contributed by atoms with Gasteiger partial charge < -0.3 is 9.47 Å². The lowest BCUT2D eigenvalue weighted by Gasteiger charge is -2.28. The summed E-state index contributed by atoms with van der Waals surface area (Å²) in [7, 11) is 3.70. The Bertz CT molecular complexity index is 1370. The molecule has 3 aromatic heterocycles. The maximum Gasteiger partial charge on any atom is 0.320 e. The van der Waals surface area contributed by atoms with Crippen molar-refractivity contribution in [2.75, 3.05) is 0 Å². The minimum Gasteiger partial charge on any atom is -0.471 e. The van der Waals surface area contributed by atoms with Gasteiger partial charge in [-0.3, -0.25) is 9.78 Å². The molecule has 44 heavy (non-hydrogen) atoms. The van der Waals surface area contributed by atoms with Gasteiger partial charge in [0.25, 0.3) is 0 Å². The molecule has 0 N–H and O–H groups in total. The SMILES string of the molecule is CC.CC.CCC(C(=P)c1cc(-c2cnc(OC(C)(C)C)nc2OC(C)(C)C)nnc1C)C(c1ccnc(C=O)c1)C(F)F. The Kier molecular flexibility index (Phi) is 15.1. The lowest BCUT2D eigenvalue weighted by molar-refractivity contribution is 0.0981. The number of hydrogen-bond acceptors (Lipinski definition) is 8. The van der Waals surface area contributed by atoms with E-state index < -0.39 is 29.5 Å². The zero-order valence-corrected chi connectivity index (χ0v) is 29.1. The zero-order valence-electron chi connectivity index (χ0n) is 28.1. The van der Waals surface area contributed by atoms with Crippen LogP contribution in [-0.4, -0.2) is 54.4 Å². The van der Waals surface area contributed by atoms with Crippen LogP contribution in [0.15, 0.2) is 30.6 Å². The molecular formula is C33H48F2N5O3P. The second-order valence-corrected chi connectivity index (χ2v) is 12.0. The summed E-state index contributed by atoms with van der Waals surface area (Å²) >= 11 is 0. The number of rotatable bonds is 10. The van der Waals surface area contributed by atoms with Crippen LogP contribution in [0.3, 0.4) is 0 Å². The van der Waals surface area contributed by atoms with Crippen LogP contribution in [0.25, 0.3) is 11.3 Å². The molecular weight excluding hydrogens is 583 g/mol. The molecule has 2 atom stereocenters. The number of nitrogens with zero attached hydrogens (tertiary/aromatic N) is 5. The monoisotopic (exact) mass is 631 g/mol. The van der Waals surface area contributed by atoms with E-state index in [9.17, 15) is 13.6 Å². The molecule has 2 unspecified atom stereocenters. The van der Waals surface area contributed by atoms with E-state index >= 15 is 0 Å². The van der Waals surface area contributed by atoms with Gasteiger partial charge in [0.05, 0.1) is 17.2 Å². The van der Waals surface area contributed by atoms with Gasteiger partial charge in [-0.1, -0.05) is 34.6 Å². The molecule has 8 nitrogen and oxygen atoms in total. The molecule has 3 heterocycles. The van der Waals surface area contributed by atoms with Crippen LogP contribution in [-0.2, 0) is 0 Å². The maximum absolute atomic E-state index is 14.5. The molecule has 0 fully saturated rings. The average molecular weight is 632 g/mol. The highest BCUT2D eigenvalue weighted by molar-refractivity contribution is 7.22. The van der Waals surface area contributed by atoms with Crippen molar-refractivity contribution in [3.8, 4) is 23.1 Å². The third kappa shape index (κ3) is 11.0. The molecule has 0 aliphatic rings. The minimum atomic E-state index is -2.69. The van der Waals surface area contributed by atoms with Gasteiger partial charge in [0.1, 0.15) is 22.6 Å². The summed E-state index contributed by atoms with van der Waals surface area (Å²) in [5.74, 6) is -1.55. The van der Waals surface area contributed by atoms with Crippen molar-refractivity contribution in [1.82, 2.24) is 25.1 Å². The Labute approximate surface area is 263 Å². The summed E-state index contributed by atoms with van der Waals surface area (Å²) in [5.41, 5.74) is 1.38. The van der Waals surface area contributed by atoms with Gasteiger partial charge in [-0.25, -0.2) is 13.8 Å². The molecule has 0 aliphatic carbocycles. The summed E-state index contributed by atoms with van der Waals surface area (Å²) in [5, 5.41) is 9.22.